The maximum absolute atomic E-state index is 13.2. The number of hydrogen-bond donors (Lipinski definition) is 3. The molecule has 3 aromatic rings. The molecule has 0 aliphatic carbocycles. The summed E-state index contributed by atoms with van der Waals surface area (Å²) in [6.45, 7) is 2.08. The molecule has 0 aliphatic heterocycles. The minimum Gasteiger partial charge on any atom is -0.368 e. The van der Waals surface area contributed by atoms with Gasteiger partial charge in [-0.15, -0.1) is 0 Å². The fourth-order valence-corrected chi connectivity index (χ4v) is 3.53. The highest BCUT2D eigenvalue weighted by Crippen LogP contribution is 2.20. The first kappa shape index (κ1) is 21.5. The number of para-hydroxylation sites is 1. The monoisotopic (exact) mass is 426 g/mol. The van der Waals surface area contributed by atoms with Gasteiger partial charge in [-0.25, -0.2) is 4.39 Å². The van der Waals surface area contributed by atoms with Crippen molar-refractivity contribution in [2.75, 3.05) is 22.1 Å². The Kier molecular flexibility index (Phi) is 7.56. The van der Waals surface area contributed by atoms with E-state index in [1.807, 2.05) is 24.3 Å². The van der Waals surface area contributed by atoms with Crippen LogP contribution in [0.3, 0.4) is 0 Å². The Bertz CT molecular complexity index is 1020. The average molecular weight is 427 g/mol. The number of amides is 1. The molecule has 0 radical (unpaired) electrons. The number of nitrogens with two attached hydrogens (primary N) is 1. The predicted molar refractivity (Wildman–Crippen MR) is 119 cm³/mol. The smallest absolute Gasteiger partial charge is 0.232 e. The van der Waals surface area contributed by atoms with Crippen molar-refractivity contribution >= 4 is 40.9 Å². The first-order valence-corrected chi connectivity index (χ1v) is 10.7. The second-order valence-corrected chi connectivity index (χ2v) is 7.54. The van der Waals surface area contributed by atoms with Crippen LogP contribution in [0.4, 0.5) is 27.7 Å². The average Bonchev–Trinajstić information content (AvgIpc) is 2.71. The summed E-state index contributed by atoms with van der Waals surface area (Å²) < 4.78 is 13.2. The molecule has 2 aromatic carbocycles. The number of nitrogens with zero attached hydrogens (tertiary/aromatic N) is 3. The number of rotatable bonds is 9. The molecule has 0 bridgehead atoms. The van der Waals surface area contributed by atoms with Crippen LogP contribution in [-0.2, 0) is 17.0 Å². The summed E-state index contributed by atoms with van der Waals surface area (Å²) in [6, 6.07) is 13.7. The number of carbonyl (C=O) groups is 1. The summed E-state index contributed by atoms with van der Waals surface area (Å²) in [7, 11) is 0. The Hall–Kier alpha value is -3.20. The summed E-state index contributed by atoms with van der Waals surface area (Å²) in [5.74, 6) is 1.55. The summed E-state index contributed by atoms with van der Waals surface area (Å²) in [4.78, 5) is 24.7. The number of halogens is 1. The van der Waals surface area contributed by atoms with E-state index in [1.165, 1.54) is 23.9 Å². The van der Waals surface area contributed by atoms with E-state index in [-0.39, 0.29) is 24.1 Å². The molecule has 4 N–H and O–H groups in total. The molecule has 0 fully saturated rings. The number of thioether (sulfide) groups is 1. The number of nitrogens with one attached hydrogen (secondary N) is 2. The summed E-state index contributed by atoms with van der Waals surface area (Å²) >= 11 is 1.51. The SMILES string of the molecule is CCc1ccccc1Nc1nc(N)nc(CSCCC(=O)Nc2cccc(F)c2)n1. The van der Waals surface area contributed by atoms with Gasteiger partial charge in [0.25, 0.3) is 0 Å². The van der Waals surface area contributed by atoms with Gasteiger partial charge in [-0.05, 0) is 36.2 Å². The summed E-state index contributed by atoms with van der Waals surface area (Å²) in [6.07, 6.45) is 1.17. The van der Waals surface area contributed by atoms with Gasteiger partial charge in [0.15, 0.2) is 0 Å². The molecule has 0 unspecified atom stereocenters. The van der Waals surface area contributed by atoms with Crippen molar-refractivity contribution in [2.24, 2.45) is 0 Å². The van der Waals surface area contributed by atoms with Crippen molar-refractivity contribution in [3.63, 3.8) is 0 Å². The topological polar surface area (TPSA) is 106 Å². The predicted octanol–water partition coefficient (Wildman–Crippen LogP) is 4.16. The highest BCUT2D eigenvalue weighted by atomic mass is 32.2. The lowest BCUT2D eigenvalue weighted by Crippen LogP contribution is -2.12. The molecule has 0 saturated carbocycles. The zero-order chi connectivity index (χ0) is 21.3. The van der Waals surface area contributed by atoms with E-state index < -0.39 is 0 Å². The highest BCUT2D eigenvalue weighted by molar-refractivity contribution is 7.98. The zero-order valence-corrected chi connectivity index (χ0v) is 17.4. The normalized spacial score (nSPS) is 10.6. The number of benzene rings is 2. The minimum absolute atomic E-state index is 0.140. The molecule has 1 heterocycles. The Morgan fingerprint density at radius 2 is 1.97 bits per heavy atom. The van der Waals surface area contributed by atoms with Gasteiger partial charge in [0.2, 0.25) is 17.8 Å². The van der Waals surface area contributed by atoms with Gasteiger partial charge in [-0.2, -0.15) is 26.7 Å². The summed E-state index contributed by atoms with van der Waals surface area (Å²) in [5.41, 5.74) is 8.35. The van der Waals surface area contributed by atoms with E-state index >= 15 is 0 Å². The van der Waals surface area contributed by atoms with Crippen molar-refractivity contribution in [1.82, 2.24) is 15.0 Å². The quantitative estimate of drug-likeness (QED) is 0.441. The third-order valence-corrected chi connectivity index (χ3v) is 5.11. The van der Waals surface area contributed by atoms with Crippen LogP contribution in [0.2, 0.25) is 0 Å². The fraction of sp³-hybridized carbons (Fsp3) is 0.238. The molecule has 3 rings (SSSR count). The van der Waals surface area contributed by atoms with Crippen molar-refractivity contribution in [1.29, 1.82) is 0 Å². The van der Waals surface area contributed by atoms with Crippen LogP contribution in [0, 0.1) is 5.82 Å². The van der Waals surface area contributed by atoms with Crippen LogP contribution >= 0.6 is 11.8 Å². The van der Waals surface area contributed by atoms with E-state index in [2.05, 4.69) is 32.5 Å². The standard InChI is InChI=1S/C21H23FN6OS/c1-2-14-6-3-4-9-17(14)25-21-27-18(26-20(23)28-21)13-30-11-10-19(29)24-16-8-5-7-15(22)12-16/h3-9,12H,2,10-11,13H2,1H3,(H,24,29)(H3,23,25,26,27,28). The largest absolute Gasteiger partial charge is 0.368 e. The molecule has 7 nitrogen and oxygen atoms in total. The molecule has 0 aliphatic rings. The molecule has 30 heavy (non-hydrogen) atoms. The first-order valence-electron chi connectivity index (χ1n) is 9.52. The molecule has 156 valence electrons. The molecule has 1 aromatic heterocycles. The van der Waals surface area contributed by atoms with Crippen LogP contribution < -0.4 is 16.4 Å². The van der Waals surface area contributed by atoms with Crippen LogP contribution in [0.15, 0.2) is 48.5 Å². The zero-order valence-electron chi connectivity index (χ0n) is 16.6. The van der Waals surface area contributed by atoms with Crippen molar-refractivity contribution in [3.8, 4) is 0 Å². The van der Waals surface area contributed by atoms with Crippen molar-refractivity contribution < 1.29 is 9.18 Å². The third-order valence-electron chi connectivity index (χ3n) is 4.16. The lowest BCUT2D eigenvalue weighted by Gasteiger charge is -2.10. The Morgan fingerprint density at radius 3 is 2.77 bits per heavy atom. The van der Waals surface area contributed by atoms with Gasteiger partial charge < -0.3 is 16.4 Å². The third kappa shape index (κ3) is 6.41. The number of hydrogen-bond acceptors (Lipinski definition) is 7. The van der Waals surface area contributed by atoms with Gasteiger partial charge in [0.1, 0.15) is 11.6 Å². The second kappa shape index (κ2) is 10.5. The second-order valence-electron chi connectivity index (χ2n) is 6.43. The maximum atomic E-state index is 13.2. The van der Waals surface area contributed by atoms with Crippen LogP contribution in [0.5, 0.6) is 0 Å². The lowest BCUT2D eigenvalue weighted by atomic mass is 10.1. The fourth-order valence-electron chi connectivity index (χ4n) is 2.75. The van der Waals surface area contributed by atoms with Gasteiger partial charge in [0, 0.05) is 23.5 Å². The Balaban J connectivity index is 1.51. The molecule has 0 atom stereocenters. The molecular weight excluding hydrogens is 403 g/mol. The van der Waals surface area contributed by atoms with Crippen molar-refractivity contribution in [3.05, 3.63) is 65.7 Å². The number of anilines is 4. The van der Waals surface area contributed by atoms with Crippen LogP contribution in [0.25, 0.3) is 0 Å². The number of aryl methyl sites for hydroxylation is 1. The maximum Gasteiger partial charge on any atom is 0.232 e. The summed E-state index contributed by atoms with van der Waals surface area (Å²) in [5, 5.41) is 5.87. The minimum atomic E-state index is -0.388. The van der Waals surface area contributed by atoms with E-state index in [0.717, 1.165) is 17.7 Å². The van der Waals surface area contributed by atoms with Gasteiger partial charge in [0.05, 0.1) is 5.75 Å². The van der Waals surface area contributed by atoms with E-state index in [0.29, 0.717) is 29.0 Å². The highest BCUT2D eigenvalue weighted by Gasteiger charge is 2.08. The number of carbonyl (C=O) groups excluding carboxylic acids is 1. The number of nitrogen functional groups attached to an aromatic ring is 1. The molecule has 0 saturated heterocycles. The molecular formula is C21H23FN6OS. The number of aromatic nitrogens is 3. The van der Waals surface area contributed by atoms with E-state index in [1.54, 1.807) is 12.1 Å². The van der Waals surface area contributed by atoms with Gasteiger partial charge in [-0.3, -0.25) is 4.79 Å². The van der Waals surface area contributed by atoms with Crippen LogP contribution in [-0.4, -0.2) is 26.6 Å². The van der Waals surface area contributed by atoms with Gasteiger partial charge in [-0.1, -0.05) is 31.2 Å². The first-order chi connectivity index (χ1) is 14.5. The lowest BCUT2D eigenvalue weighted by molar-refractivity contribution is -0.115. The van der Waals surface area contributed by atoms with E-state index in [9.17, 15) is 9.18 Å². The Morgan fingerprint density at radius 1 is 1.13 bits per heavy atom. The van der Waals surface area contributed by atoms with E-state index in [4.69, 9.17) is 5.73 Å². The van der Waals surface area contributed by atoms with Crippen LogP contribution in [0.1, 0.15) is 24.7 Å². The van der Waals surface area contributed by atoms with Crippen molar-refractivity contribution in [2.45, 2.75) is 25.5 Å². The Labute approximate surface area is 178 Å². The molecule has 0 spiro atoms. The molecule has 9 heteroatoms. The molecule has 1 amide bonds. The van der Waals surface area contributed by atoms with Gasteiger partial charge >= 0.3 is 0 Å².